The molecule has 0 spiro atoms. The highest BCUT2D eigenvalue weighted by Crippen LogP contribution is 2.41. The molecular weight excluding hydrogens is 380 g/mol. The van der Waals surface area contributed by atoms with Gasteiger partial charge in [0.2, 0.25) is 5.91 Å². The number of methoxy groups -OCH3 is 1. The standard InChI is InChI=1S/C24H28N2O4/c1-16(17-6-11-21-20(14-17)26-22(27)15-30-21)25-23(28)24(12-4-3-5-13-24)18-7-9-19(29-2)10-8-18/h6-11,14,16H,3-5,12-13,15H2,1-2H3,(H,25,28)(H,26,27). The zero-order valence-electron chi connectivity index (χ0n) is 17.5. The third-order valence-corrected chi connectivity index (χ3v) is 6.27. The number of anilines is 1. The lowest BCUT2D eigenvalue weighted by molar-refractivity contribution is -0.128. The van der Waals surface area contributed by atoms with Gasteiger partial charge in [-0.25, -0.2) is 0 Å². The minimum Gasteiger partial charge on any atom is -0.497 e. The number of benzene rings is 2. The molecular formula is C24H28N2O4. The van der Waals surface area contributed by atoms with Gasteiger partial charge in [0.15, 0.2) is 6.61 Å². The Kier molecular flexibility index (Phi) is 5.66. The van der Waals surface area contributed by atoms with Crippen molar-refractivity contribution >= 4 is 17.5 Å². The van der Waals surface area contributed by atoms with Crippen molar-refractivity contribution in [2.24, 2.45) is 0 Å². The van der Waals surface area contributed by atoms with Crippen LogP contribution in [0.25, 0.3) is 0 Å². The SMILES string of the molecule is COc1ccc(C2(C(=O)NC(C)c3ccc4c(c3)NC(=O)CO4)CCCCC2)cc1. The van der Waals surface area contributed by atoms with Crippen molar-refractivity contribution in [3.05, 3.63) is 53.6 Å². The maximum absolute atomic E-state index is 13.6. The van der Waals surface area contributed by atoms with Gasteiger partial charge < -0.3 is 20.1 Å². The van der Waals surface area contributed by atoms with E-state index in [1.807, 2.05) is 49.4 Å². The second-order valence-electron chi connectivity index (χ2n) is 8.16. The van der Waals surface area contributed by atoms with E-state index >= 15 is 0 Å². The lowest BCUT2D eigenvalue weighted by Crippen LogP contribution is -2.46. The lowest BCUT2D eigenvalue weighted by Gasteiger charge is -2.37. The fourth-order valence-electron chi connectivity index (χ4n) is 4.50. The number of carbonyl (C=O) groups is 2. The molecule has 0 radical (unpaired) electrons. The number of fused-ring (bicyclic) bond motifs is 1. The predicted molar refractivity (Wildman–Crippen MR) is 115 cm³/mol. The highest BCUT2D eigenvalue weighted by Gasteiger charge is 2.41. The third kappa shape index (κ3) is 3.86. The van der Waals surface area contributed by atoms with Crippen LogP contribution in [-0.2, 0) is 15.0 Å². The van der Waals surface area contributed by atoms with Gasteiger partial charge in [-0.1, -0.05) is 37.5 Å². The van der Waals surface area contributed by atoms with Crippen molar-refractivity contribution in [2.75, 3.05) is 19.0 Å². The van der Waals surface area contributed by atoms with Crippen molar-refractivity contribution in [1.82, 2.24) is 5.32 Å². The molecule has 158 valence electrons. The van der Waals surface area contributed by atoms with Gasteiger partial charge in [0, 0.05) is 0 Å². The van der Waals surface area contributed by atoms with Crippen LogP contribution in [0.2, 0.25) is 0 Å². The molecule has 1 aliphatic heterocycles. The monoisotopic (exact) mass is 408 g/mol. The van der Waals surface area contributed by atoms with E-state index in [2.05, 4.69) is 10.6 Å². The van der Waals surface area contributed by atoms with E-state index in [0.717, 1.165) is 49.0 Å². The largest absolute Gasteiger partial charge is 0.497 e. The van der Waals surface area contributed by atoms with Gasteiger partial charge in [-0.05, 0) is 55.2 Å². The average Bonchev–Trinajstić information content (AvgIpc) is 2.79. The molecule has 6 heteroatoms. The van der Waals surface area contributed by atoms with Crippen molar-refractivity contribution in [3.63, 3.8) is 0 Å². The molecule has 30 heavy (non-hydrogen) atoms. The van der Waals surface area contributed by atoms with Crippen molar-refractivity contribution in [3.8, 4) is 11.5 Å². The molecule has 1 heterocycles. The Morgan fingerprint density at radius 2 is 1.87 bits per heavy atom. The first-order valence-electron chi connectivity index (χ1n) is 10.5. The van der Waals surface area contributed by atoms with Crippen LogP contribution in [0.5, 0.6) is 11.5 Å². The van der Waals surface area contributed by atoms with E-state index in [1.165, 1.54) is 0 Å². The Morgan fingerprint density at radius 3 is 2.57 bits per heavy atom. The molecule has 4 rings (SSSR count). The van der Waals surface area contributed by atoms with E-state index in [0.29, 0.717) is 11.4 Å². The minimum atomic E-state index is -0.523. The number of hydrogen-bond acceptors (Lipinski definition) is 4. The van der Waals surface area contributed by atoms with E-state index in [9.17, 15) is 9.59 Å². The van der Waals surface area contributed by atoms with Crippen LogP contribution in [0, 0.1) is 0 Å². The van der Waals surface area contributed by atoms with Crippen LogP contribution < -0.4 is 20.1 Å². The van der Waals surface area contributed by atoms with E-state index in [1.54, 1.807) is 7.11 Å². The van der Waals surface area contributed by atoms with Crippen molar-refractivity contribution in [1.29, 1.82) is 0 Å². The number of nitrogens with one attached hydrogen (secondary N) is 2. The molecule has 0 bridgehead atoms. The Bertz CT molecular complexity index is 933. The van der Waals surface area contributed by atoms with Crippen LogP contribution in [0.4, 0.5) is 5.69 Å². The summed E-state index contributed by atoms with van der Waals surface area (Å²) < 4.78 is 10.7. The first-order chi connectivity index (χ1) is 14.5. The third-order valence-electron chi connectivity index (χ3n) is 6.27. The van der Waals surface area contributed by atoms with E-state index in [4.69, 9.17) is 9.47 Å². The van der Waals surface area contributed by atoms with Crippen LogP contribution in [0.1, 0.15) is 56.2 Å². The van der Waals surface area contributed by atoms with Crippen molar-refractivity contribution in [2.45, 2.75) is 50.5 Å². The number of ether oxygens (including phenoxy) is 2. The zero-order valence-corrected chi connectivity index (χ0v) is 17.5. The molecule has 1 fully saturated rings. The fourth-order valence-corrected chi connectivity index (χ4v) is 4.50. The normalized spacial score (nSPS) is 18.4. The Morgan fingerprint density at radius 1 is 1.13 bits per heavy atom. The molecule has 0 saturated heterocycles. The Balaban J connectivity index is 1.56. The molecule has 6 nitrogen and oxygen atoms in total. The Hall–Kier alpha value is -3.02. The summed E-state index contributed by atoms with van der Waals surface area (Å²) in [5.74, 6) is 1.32. The molecule has 0 aromatic heterocycles. The molecule has 2 aliphatic rings. The summed E-state index contributed by atoms with van der Waals surface area (Å²) in [4.78, 5) is 25.2. The molecule has 2 aromatic carbocycles. The summed E-state index contributed by atoms with van der Waals surface area (Å²) in [5, 5.41) is 6.06. The summed E-state index contributed by atoms with van der Waals surface area (Å²) in [5.41, 5.74) is 2.09. The molecule has 2 N–H and O–H groups in total. The van der Waals surface area contributed by atoms with E-state index in [-0.39, 0.29) is 24.5 Å². The molecule has 1 atom stereocenters. The van der Waals surface area contributed by atoms with Gasteiger partial charge in [0.1, 0.15) is 11.5 Å². The van der Waals surface area contributed by atoms with Crippen molar-refractivity contribution < 1.29 is 19.1 Å². The zero-order chi connectivity index (χ0) is 21.1. The minimum absolute atomic E-state index is 0.0308. The molecule has 1 unspecified atom stereocenters. The second-order valence-corrected chi connectivity index (χ2v) is 8.16. The fraction of sp³-hybridized carbons (Fsp3) is 0.417. The van der Waals surface area contributed by atoms with E-state index < -0.39 is 5.41 Å². The molecule has 2 amide bonds. The number of hydrogen-bond donors (Lipinski definition) is 2. The topological polar surface area (TPSA) is 76.7 Å². The number of rotatable bonds is 5. The van der Waals surface area contributed by atoms with Gasteiger partial charge in [-0.3, -0.25) is 9.59 Å². The van der Waals surface area contributed by atoms with Crippen LogP contribution in [0.3, 0.4) is 0 Å². The summed E-state index contributed by atoms with van der Waals surface area (Å²) in [6, 6.07) is 13.3. The van der Waals surface area contributed by atoms with Gasteiger partial charge >= 0.3 is 0 Å². The highest BCUT2D eigenvalue weighted by atomic mass is 16.5. The van der Waals surface area contributed by atoms with Crippen LogP contribution in [0.15, 0.2) is 42.5 Å². The molecule has 1 aliphatic carbocycles. The quantitative estimate of drug-likeness (QED) is 0.781. The molecule has 2 aromatic rings. The predicted octanol–water partition coefficient (Wildman–Crippen LogP) is 4.11. The number of amides is 2. The lowest BCUT2D eigenvalue weighted by atomic mass is 9.68. The van der Waals surface area contributed by atoms with Gasteiger partial charge in [-0.2, -0.15) is 0 Å². The Labute approximate surface area is 177 Å². The summed E-state index contributed by atoms with van der Waals surface area (Å²) in [6.07, 6.45) is 4.91. The molecule has 1 saturated carbocycles. The first-order valence-corrected chi connectivity index (χ1v) is 10.5. The van der Waals surface area contributed by atoms with Gasteiger partial charge in [0.05, 0.1) is 24.3 Å². The average molecular weight is 408 g/mol. The summed E-state index contributed by atoms with van der Waals surface area (Å²) >= 11 is 0. The second kappa shape index (κ2) is 8.38. The summed E-state index contributed by atoms with van der Waals surface area (Å²) in [7, 11) is 1.64. The smallest absolute Gasteiger partial charge is 0.262 e. The maximum Gasteiger partial charge on any atom is 0.262 e. The highest BCUT2D eigenvalue weighted by molar-refractivity contribution is 5.95. The summed E-state index contributed by atoms with van der Waals surface area (Å²) in [6.45, 7) is 2.00. The maximum atomic E-state index is 13.6. The van der Waals surface area contributed by atoms with Crippen LogP contribution in [-0.4, -0.2) is 25.5 Å². The number of carbonyl (C=O) groups excluding carboxylic acids is 2. The first kappa shape index (κ1) is 20.3. The van der Waals surface area contributed by atoms with Gasteiger partial charge in [-0.15, -0.1) is 0 Å². The van der Waals surface area contributed by atoms with Crippen LogP contribution >= 0.6 is 0 Å². The van der Waals surface area contributed by atoms with Gasteiger partial charge in [0.25, 0.3) is 5.91 Å².